The summed E-state index contributed by atoms with van der Waals surface area (Å²) < 4.78 is 15.1. The van der Waals surface area contributed by atoms with Crippen molar-refractivity contribution in [3.63, 3.8) is 0 Å². The molecular weight excluding hydrogens is 285 g/mol. The molecule has 0 aliphatic heterocycles. The van der Waals surface area contributed by atoms with Crippen LogP contribution >= 0.6 is 11.8 Å². The van der Waals surface area contributed by atoms with Gasteiger partial charge in [0.1, 0.15) is 5.82 Å². The molecule has 0 radical (unpaired) electrons. The number of hydrogen-bond donors (Lipinski definition) is 2. The minimum atomic E-state index is -0.924. The van der Waals surface area contributed by atoms with E-state index in [0.717, 1.165) is 11.8 Å². The fourth-order valence-electron chi connectivity index (χ4n) is 1.51. The number of hydrogen-bond acceptors (Lipinski definition) is 5. The first-order chi connectivity index (χ1) is 9.38. The molecule has 1 heterocycles. The van der Waals surface area contributed by atoms with Gasteiger partial charge in [0.2, 0.25) is 0 Å². The average Bonchev–Trinajstić information content (AvgIpc) is 2.37. The van der Waals surface area contributed by atoms with E-state index in [1.165, 1.54) is 30.8 Å². The van der Waals surface area contributed by atoms with Crippen LogP contribution < -0.4 is 11.1 Å². The number of aromatic nitrogens is 3. The summed E-state index contributed by atoms with van der Waals surface area (Å²) >= 11 is 0.909. The molecule has 6 nitrogen and oxygen atoms in total. The summed E-state index contributed by atoms with van der Waals surface area (Å²) in [5.41, 5.74) is -1.30. The highest BCUT2D eigenvalue weighted by atomic mass is 32.2. The molecule has 0 amide bonds. The highest BCUT2D eigenvalue weighted by Crippen LogP contribution is 2.28. The number of aryl methyl sites for hydroxylation is 1. The van der Waals surface area contributed by atoms with Crippen molar-refractivity contribution < 1.29 is 9.50 Å². The average molecular weight is 297 g/mol. The van der Waals surface area contributed by atoms with Gasteiger partial charge >= 0.3 is 11.1 Å². The van der Waals surface area contributed by atoms with E-state index in [9.17, 15) is 19.1 Å². The summed E-state index contributed by atoms with van der Waals surface area (Å²) in [5.74, 6) is -0.533. The third-order valence-electron chi connectivity index (χ3n) is 2.59. The van der Waals surface area contributed by atoms with E-state index in [0.29, 0.717) is 5.56 Å². The smallest absolute Gasteiger partial charge is 0.339 e. The Balaban J connectivity index is 2.38. The molecule has 1 aromatic carbocycles. The zero-order valence-corrected chi connectivity index (χ0v) is 11.6. The minimum Gasteiger partial charge on any atom is -0.389 e. The lowest BCUT2D eigenvalue weighted by Crippen LogP contribution is -2.33. The molecule has 106 valence electrons. The van der Waals surface area contributed by atoms with E-state index in [2.05, 4.69) is 10.1 Å². The lowest BCUT2D eigenvalue weighted by atomic mass is 10.1. The van der Waals surface area contributed by atoms with Gasteiger partial charge in [0.05, 0.1) is 11.0 Å². The molecular formula is C12H12FN3O3S. The number of aliphatic hydroxyl groups is 1. The molecule has 0 fully saturated rings. The summed E-state index contributed by atoms with van der Waals surface area (Å²) in [6.07, 6.45) is -0.765. The molecule has 2 rings (SSSR count). The topological polar surface area (TPSA) is 88.0 Å². The van der Waals surface area contributed by atoms with Gasteiger partial charge in [-0.05, 0) is 36.4 Å². The lowest BCUT2D eigenvalue weighted by molar-refractivity contribution is 0.198. The SMILES string of the molecule is CC(O)c1ccc(Sc2nc(=O)c(=O)[nH]n2C)c(F)c1. The molecule has 2 N–H and O–H groups in total. The van der Waals surface area contributed by atoms with Gasteiger partial charge < -0.3 is 5.11 Å². The van der Waals surface area contributed by atoms with E-state index in [1.807, 2.05) is 0 Å². The number of aromatic amines is 1. The molecule has 1 atom stereocenters. The van der Waals surface area contributed by atoms with Crippen molar-refractivity contribution in [2.75, 3.05) is 0 Å². The molecule has 0 saturated carbocycles. The maximum Gasteiger partial charge on any atom is 0.339 e. The van der Waals surface area contributed by atoms with Crippen LogP contribution in [0.4, 0.5) is 4.39 Å². The zero-order valence-electron chi connectivity index (χ0n) is 10.8. The Hall–Kier alpha value is -1.93. The summed E-state index contributed by atoms with van der Waals surface area (Å²) in [7, 11) is 1.50. The number of rotatable bonds is 3. The van der Waals surface area contributed by atoms with Crippen LogP contribution in [0.2, 0.25) is 0 Å². The first kappa shape index (κ1) is 14.5. The molecule has 1 unspecified atom stereocenters. The molecule has 8 heteroatoms. The van der Waals surface area contributed by atoms with Gasteiger partial charge in [0.25, 0.3) is 0 Å². The van der Waals surface area contributed by atoms with Gasteiger partial charge in [0, 0.05) is 7.05 Å². The quantitative estimate of drug-likeness (QED) is 0.819. The predicted octanol–water partition coefficient (Wildman–Crippen LogP) is 0.812. The van der Waals surface area contributed by atoms with Gasteiger partial charge in [-0.3, -0.25) is 19.4 Å². The molecule has 0 saturated heterocycles. The number of nitrogens with one attached hydrogen (secondary N) is 1. The van der Waals surface area contributed by atoms with Crippen LogP contribution in [-0.2, 0) is 7.05 Å². The second-order valence-corrected chi connectivity index (χ2v) is 5.18. The van der Waals surface area contributed by atoms with E-state index in [1.54, 1.807) is 6.07 Å². The molecule has 0 aliphatic rings. The number of H-pyrrole nitrogens is 1. The maximum atomic E-state index is 13.9. The van der Waals surface area contributed by atoms with E-state index < -0.39 is 23.0 Å². The molecule has 1 aromatic heterocycles. The lowest BCUT2D eigenvalue weighted by Gasteiger charge is -2.09. The van der Waals surface area contributed by atoms with Crippen LogP contribution in [0.5, 0.6) is 0 Å². The summed E-state index contributed by atoms with van der Waals surface area (Å²) in [4.78, 5) is 26.1. The van der Waals surface area contributed by atoms with Crippen LogP contribution in [0, 0.1) is 5.82 Å². The number of halogens is 1. The normalized spacial score (nSPS) is 12.4. The second-order valence-electron chi connectivity index (χ2n) is 4.17. The van der Waals surface area contributed by atoms with Gasteiger partial charge in [-0.25, -0.2) is 4.39 Å². The van der Waals surface area contributed by atoms with Crippen LogP contribution in [0.25, 0.3) is 0 Å². The van der Waals surface area contributed by atoms with Crippen LogP contribution in [0.3, 0.4) is 0 Å². The van der Waals surface area contributed by atoms with E-state index in [-0.39, 0.29) is 10.1 Å². The first-order valence-electron chi connectivity index (χ1n) is 5.71. The Morgan fingerprint density at radius 3 is 2.75 bits per heavy atom. The van der Waals surface area contributed by atoms with Crippen LogP contribution in [0.1, 0.15) is 18.6 Å². The van der Waals surface area contributed by atoms with Crippen LogP contribution in [-0.4, -0.2) is 19.9 Å². The van der Waals surface area contributed by atoms with E-state index in [4.69, 9.17) is 0 Å². The van der Waals surface area contributed by atoms with Gasteiger partial charge in [-0.1, -0.05) is 6.07 Å². The standard InChI is InChI=1S/C12H12FN3O3S/c1-6(17)7-3-4-9(8(13)5-7)20-12-14-10(18)11(19)15-16(12)2/h3-6,17H,1-2H3,(H,15,19). The Morgan fingerprint density at radius 1 is 1.45 bits per heavy atom. The van der Waals surface area contributed by atoms with Gasteiger partial charge in [-0.15, -0.1) is 0 Å². The van der Waals surface area contributed by atoms with Crippen molar-refractivity contribution in [3.05, 3.63) is 50.3 Å². The Morgan fingerprint density at radius 2 is 2.15 bits per heavy atom. The van der Waals surface area contributed by atoms with Crippen molar-refractivity contribution in [1.82, 2.24) is 14.8 Å². The Kier molecular flexibility index (Phi) is 4.05. The Labute approximate surface area is 117 Å². The van der Waals surface area contributed by atoms with Crippen molar-refractivity contribution >= 4 is 11.8 Å². The van der Waals surface area contributed by atoms with E-state index >= 15 is 0 Å². The summed E-state index contributed by atoms with van der Waals surface area (Å²) in [6.45, 7) is 1.54. The summed E-state index contributed by atoms with van der Waals surface area (Å²) in [6, 6.07) is 4.29. The molecule has 2 aromatic rings. The minimum absolute atomic E-state index is 0.165. The molecule has 0 spiro atoms. The van der Waals surface area contributed by atoms with Gasteiger partial charge in [0.15, 0.2) is 5.16 Å². The van der Waals surface area contributed by atoms with Crippen molar-refractivity contribution in [2.24, 2.45) is 7.05 Å². The molecule has 0 bridgehead atoms. The second kappa shape index (κ2) is 5.59. The highest BCUT2D eigenvalue weighted by Gasteiger charge is 2.11. The zero-order chi connectivity index (χ0) is 14.9. The maximum absolute atomic E-state index is 13.9. The molecule has 20 heavy (non-hydrogen) atoms. The largest absolute Gasteiger partial charge is 0.389 e. The third kappa shape index (κ3) is 2.97. The number of benzene rings is 1. The highest BCUT2D eigenvalue weighted by molar-refractivity contribution is 7.99. The fourth-order valence-corrected chi connectivity index (χ4v) is 2.31. The van der Waals surface area contributed by atoms with Crippen molar-refractivity contribution in [3.8, 4) is 0 Å². The Bertz CT molecular complexity index is 754. The fraction of sp³-hybridized carbons (Fsp3) is 0.250. The van der Waals surface area contributed by atoms with Crippen molar-refractivity contribution in [1.29, 1.82) is 0 Å². The summed E-state index contributed by atoms with van der Waals surface area (Å²) in [5, 5.41) is 11.8. The van der Waals surface area contributed by atoms with Crippen LogP contribution in [0.15, 0.2) is 37.8 Å². The monoisotopic (exact) mass is 297 g/mol. The number of aliphatic hydroxyl groups excluding tert-OH is 1. The first-order valence-corrected chi connectivity index (χ1v) is 6.53. The van der Waals surface area contributed by atoms with Gasteiger partial charge in [-0.2, -0.15) is 4.98 Å². The molecule has 0 aliphatic carbocycles. The van der Waals surface area contributed by atoms with Crippen molar-refractivity contribution in [2.45, 2.75) is 23.1 Å². The predicted molar refractivity (Wildman–Crippen MR) is 71.3 cm³/mol. The number of nitrogens with zero attached hydrogens (tertiary/aromatic N) is 2. The third-order valence-corrected chi connectivity index (χ3v) is 3.69.